The van der Waals surface area contributed by atoms with Crippen molar-refractivity contribution in [1.29, 1.82) is 0 Å². The molecule has 10 heteroatoms. The standard InChI is InChI=1S/C38H58N4O6/c1-5-8-10-12-20-28-23-16-25-31(43)33(28)37(47)41-39-35(45)27(4)19-14-15-22-30(18-7-3)36(46)40-42-38(48)34-29(21-13-11-9-6-2)24-17-26-32(34)44/h16-17,23-27,30,43-44H,5-15,18-22H2,1-4H3,(H,39,45)(H,40,46)(H,41,47)(H,42,48). The molecule has 266 valence electrons. The van der Waals surface area contributed by atoms with Crippen molar-refractivity contribution in [2.45, 2.75) is 130 Å². The first-order valence-electron chi connectivity index (χ1n) is 18.0. The number of aromatic hydroxyl groups is 2. The minimum absolute atomic E-state index is 0.113. The zero-order valence-corrected chi connectivity index (χ0v) is 29.5. The van der Waals surface area contributed by atoms with Crippen LogP contribution in [0.5, 0.6) is 11.5 Å². The number of hydrazine groups is 2. The van der Waals surface area contributed by atoms with Gasteiger partial charge in [-0.1, -0.05) is 110 Å². The molecule has 0 aromatic heterocycles. The predicted octanol–water partition coefficient (Wildman–Crippen LogP) is 7.18. The SMILES string of the molecule is CCCCCCc1cccc(O)c1C(=O)NNC(=O)C(C)CCCCC(CCC)C(=O)NNC(=O)c1c(O)cccc1CCCCCC. The highest BCUT2D eigenvalue weighted by molar-refractivity contribution is 6.00. The molecule has 0 saturated carbocycles. The Bertz CT molecular complexity index is 1310. The summed E-state index contributed by atoms with van der Waals surface area (Å²) < 4.78 is 0. The molecule has 2 aromatic carbocycles. The molecule has 2 unspecified atom stereocenters. The molecule has 0 heterocycles. The highest BCUT2D eigenvalue weighted by Gasteiger charge is 2.22. The molecule has 0 radical (unpaired) electrons. The van der Waals surface area contributed by atoms with Crippen molar-refractivity contribution in [2.75, 3.05) is 0 Å². The van der Waals surface area contributed by atoms with Crippen molar-refractivity contribution in [3.05, 3.63) is 58.7 Å². The van der Waals surface area contributed by atoms with E-state index < -0.39 is 11.8 Å². The number of amides is 4. The van der Waals surface area contributed by atoms with Crippen molar-refractivity contribution in [3.63, 3.8) is 0 Å². The summed E-state index contributed by atoms with van der Waals surface area (Å²) in [5.74, 6) is -2.63. The molecular formula is C38H58N4O6. The smallest absolute Gasteiger partial charge is 0.273 e. The van der Waals surface area contributed by atoms with Crippen LogP contribution in [-0.4, -0.2) is 33.8 Å². The summed E-state index contributed by atoms with van der Waals surface area (Å²) in [7, 11) is 0. The third-order valence-electron chi connectivity index (χ3n) is 8.80. The fourth-order valence-corrected chi connectivity index (χ4v) is 5.91. The molecule has 6 N–H and O–H groups in total. The number of benzene rings is 2. The largest absolute Gasteiger partial charge is 0.507 e. The molecule has 2 aromatic rings. The van der Waals surface area contributed by atoms with Crippen LogP contribution in [-0.2, 0) is 22.4 Å². The third kappa shape index (κ3) is 13.6. The number of carbonyl (C=O) groups is 4. The zero-order chi connectivity index (χ0) is 35.3. The van der Waals surface area contributed by atoms with Crippen molar-refractivity contribution in [2.24, 2.45) is 11.8 Å². The number of hydrogen-bond acceptors (Lipinski definition) is 6. The van der Waals surface area contributed by atoms with Gasteiger partial charge < -0.3 is 10.2 Å². The summed E-state index contributed by atoms with van der Waals surface area (Å²) >= 11 is 0. The van der Waals surface area contributed by atoms with E-state index in [9.17, 15) is 29.4 Å². The number of rotatable bonds is 21. The van der Waals surface area contributed by atoms with Crippen LogP contribution in [0.3, 0.4) is 0 Å². The lowest BCUT2D eigenvalue weighted by Gasteiger charge is -2.18. The van der Waals surface area contributed by atoms with Gasteiger partial charge >= 0.3 is 0 Å². The van der Waals surface area contributed by atoms with E-state index in [1.54, 1.807) is 19.1 Å². The van der Waals surface area contributed by atoms with Crippen molar-refractivity contribution < 1.29 is 29.4 Å². The first-order chi connectivity index (χ1) is 23.1. The predicted molar refractivity (Wildman–Crippen MR) is 189 cm³/mol. The van der Waals surface area contributed by atoms with Gasteiger partial charge in [-0.25, -0.2) is 0 Å². The van der Waals surface area contributed by atoms with E-state index in [0.29, 0.717) is 44.9 Å². The van der Waals surface area contributed by atoms with Gasteiger partial charge in [-0.05, 0) is 68.2 Å². The minimum atomic E-state index is -0.551. The summed E-state index contributed by atoms with van der Waals surface area (Å²) in [6.45, 7) is 8.05. The molecule has 0 saturated heterocycles. The second-order valence-electron chi connectivity index (χ2n) is 12.8. The van der Waals surface area contributed by atoms with Crippen LogP contribution >= 0.6 is 0 Å². The van der Waals surface area contributed by atoms with Crippen LogP contribution in [0.4, 0.5) is 0 Å². The molecule has 0 bridgehead atoms. The Labute approximate surface area is 286 Å². The quantitative estimate of drug-likeness (QED) is 0.0612. The summed E-state index contributed by atoms with van der Waals surface area (Å²) in [5.41, 5.74) is 11.9. The first kappa shape index (κ1) is 40.1. The normalized spacial score (nSPS) is 12.2. The van der Waals surface area contributed by atoms with E-state index in [2.05, 4.69) is 35.6 Å². The molecule has 0 aliphatic heterocycles. The van der Waals surface area contributed by atoms with Crippen LogP contribution in [0.15, 0.2) is 36.4 Å². The molecule has 0 aliphatic carbocycles. The fraction of sp³-hybridized carbons (Fsp3) is 0.579. The first-order valence-corrected chi connectivity index (χ1v) is 18.0. The van der Waals surface area contributed by atoms with E-state index in [4.69, 9.17) is 0 Å². The monoisotopic (exact) mass is 666 g/mol. The van der Waals surface area contributed by atoms with E-state index in [-0.39, 0.29) is 46.3 Å². The summed E-state index contributed by atoms with van der Waals surface area (Å²) in [6, 6.07) is 10.0. The molecule has 0 aliphatic rings. The molecule has 0 fully saturated rings. The van der Waals surface area contributed by atoms with Gasteiger partial charge in [-0.2, -0.15) is 0 Å². The molecular weight excluding hydrogens is 608 g/mol. The zero-order valence-electron chi connectivity index (χ0n) is 29.5. The maximum atomic E-state index is 13.0. The highest BCUT2D eigenvalue weighted by Crippen LogP contribution is 2.24. The lowest BCUT2D eigenvalue weighted by atomic mass is 9.94. The number of unbranched alkanes of at least 4 members (excludes halogenated alkanes) is 7. The van der Waals surface area contributed by atoms with E-state index in [1.165, 1.54) is 12.1 Å². The average Bonchev–Trinajstić information content (AvgIpc) is 3.07. The lowest BCUT2D eigenvalue weighted by Crippen LogP contribution is -2.45. The second-order valence-corrected chi connectivity index (χ2v) is 12.8. The summed E-state index contributed by atoms with van der Waals surface area (Å²) in [6.07, 6.45) is 13.7. The molecule has 2 rings (SSSR count). The maximum absolute atomic E-state index is 13.0. The number of nitrogens with one attached hydrogen (secondary N) is 4. The molecule has 2 atom stereocenters. The minimum Gasteiger partial charge on any atom is -0.507 e. The summed E-state index contributed by atoms with van der Waals surface area (Å²) in [5, 5.41) is 20.7. The topological polar surface area (TPSA) is 157 Å². The van der Waals surface area contributed by atoms with Crippen molar-refractivity contribution in [1.82, 2.24) is 21.7 Å². The lowest BCUT2D eigenvalue weighted by molar-refractivity contribution is -0.127. The van der Waals surface area contributed by atoms with Gasteiger partial charge in [0.2, 0.25) is 11.8 Å². The number of hydrogen-bond donors (Lipinski definition) is 6. The van der Waals surface area contributed by atoms with Gasteiger partial charge in [0, 0.05) is 11.8 Å². The third-order valence-corrected chi connectivity index (χ3v) is 8.80. The van der Waals surface area contributed by atoms with Gasteiger partial charge in [-0.15, -0.1) is 0 Å². The number of phenolic OH excluding ortho intramolecular Hbond substituents is 2. The Morgan fingerprint density at radius 2 is 1.04 bits per heavy atom. The van der Waals surface area contributed by atoms with E-state index >= 15 is 0 Å². The van der Waals surface area contributed by atoms with Crippen LogP contribution in [0.2, 0.25) is 0 Å². The Morgan fingerprint density at radius 3 is 1.52 bits per heavy atom. The van der Waals surface area contributed by atoms with Gasteiger partial charge in [0.25, 0.3) is 11.8 Å². The molecule has 0 spiro atoms. The Kier molecular flexibility index (Phi) is 18.8. The number of aryl methyl sites for hydroxylation is 2. The van der Waals surface area contributed by atoms with Crippen LogP contribution in [0.1, 0.15) is 149 Å². The Hall–Kier alpha value is -4.08. The summed E-state index contributed by atoms with van der Waals surface area (Å²) in [4.78, 5) is 51.6. The van der Waals surface area contributed by atoms with Gasteiger partial charge in [-0.3, -0.25) is 40.9 Å². The average molecular weight is 667 g/mol. The van der Waals surface area contributed by atoms with Gasteiger partial charge in [0.05, 0.1) is 11.1 Å². The number of carbonyl (C=O) groups excluding carboxylic acids is 4. The van der Waals surface area contributed by atoms with E-state index in [0.717, 1.165) is 68.9 Å². The molecule has 48 heavy (non-hydrogen) atoms. The highest BCUT2D eigenvalue weighted by atomic mass is 16.3. The fourth-order valence-electron chi connectivity index (χ4n) is 5.91. The van der Waals surface area contributed by atoms with Gasteiger partial charge in [0.15, 0.2) is 0 Å². The van der Waals surface area contributed by atoms with Crippen LogP contribution in [0, 0.1) is 11.8 Å². The van der Waals surface area contributed by atoms with Crippen LogP contribution in [0.25, 0.3) is 0 Å². The van der Waals surface area contributed by atoms with Crippen molar-refractivity contribution >= 4 is 23.6 Å². The Balaban J connectivity index is 1.81. The Morgan fingerprint density at radius 1 is 0.562 bits per heavy atom. The van der Waals surface area contributed by atoms with Crippen molar-refractivity contribution in [3.8, 4) is 11.5 Å². The van der Waals surface area contributed by atoms with Crippen LogP contribution < -0.4 is 21.7 Å². The van der Waals surface area contributed by atoms with Gasteiger partial charge in [0.1, 0.15) is 11.5 Å². The second kappa shape index (κ2) is 22.5. The number of phenols is 2. The maximum Gasteiger partial charge on any atom is 0.273 e. The molecule has 10 nitrogen and oxygen atoms in total. The van der Waals surface area contributed by atoms with E-state index in [1.807, 2.05) is 19.1 Å². The molecule has 4 amide bonds.